The molecule has 176 valence electrons. The highest BCUT2D eigenvalue weighted by molar-refractivity contribution is 6.28. The Morgan fingerprint density at radius 2 is 1.59 bits per heavy atom. The standard InChI is InChI=1S/C27H43N3OSi/c1-5-7-9-10-11-13-25-17-16-24(20-28-25)26-18-19-27(30-29-26)31-32-21-23(4)15-14-22(3)12-8-6-2/h16-20,22-23H,5-15,21H2,1-4H3. The molecular formula is C27H43N3OSi. The zero-order valence-corrected chi connectivity index (χ0v) is 21.8. The SMILES string of the molecule is CCCCCCCc1ccc(-c2ccc(O[Si]CC(C)CCC(C)CCCC)nn2)cn1. The lowest BCUT2D eigenvalue weighted by Gasteiger charge is -2.14. The summed E-state index contributed by atoms with van der Waals surface area (Å²) in [5.41, 5.74) is 3.01. The molecule has 32 heavy (non-hydrogen) atoms. The molecule has 2 radical (unpaired) electrons. The third-order valence-electron chi connectivity index (χ3n) is 6.11. The highest BCUT2D eigenvalue weighted by atomic mass is 28.2. The molecular weight excluding hydrogens is 410 g/mol. The van der Waals surface area contributed by atoms with E-state index < -0.39 is 0 Å². The molecule has 2 unspecified atom stereocenters. The quantitative estimate of drug-likeness (QED) is 0.182. The number of unbranched alkanes of at least 4 members (excludes halogenated alkanes) is 5. The van der Waals surface area contributed by atoms with Crippen LogP contribution in [0.1, 0.15) is 97.6 Å². The van der Waals surface area contributed by atoms with E-state index in [1.54, 1.807) is 0 Å². The second-order valence-electron chi connectivity index (χ2n) is 9.34. The van der Waals surface area contributed by atoms with Crippen molar-refractivity contribution in [2.45, 2.75) is 104 Å². The van der Waals surface area contributed by atoms with E-state index in [4.69, 9.17) is 4.43 Å². The number of aryl methyl sites for hydroxylation is 1. The summed E-state index contributed by atoms with van der Waals surface area (Å²) in [7, 11) is 0.440. The first-order chi connectivity index (χ1) is 15.6. The highest BCUT2D eigenvalue weighted by Gasteiger charge is 2.09. The average Bonchev–Trinajstić information content (AvgIpc) is 2.82. The van der Waals surface area contributed by atoms with Gasteiger partial charge in [-0.3, -0.25) is 4.98 Å². The predicted octanol–water partition coefficient (Wildman–Crippen LogP) is 7.71. The molecule has 0 aliphatic heterocycles. The van der Waals surface area contributed by atoms with Crippen LogP contribution in [0.25, 0.3) is 11.3 Å². The fourth-order valence-corrected chi connectivity index (χ4v) is 4.62. The number of aromatic nitrogens is 3. The van der Waals surface area contributed by atoms with Crippen LogP contribution in [-0.2, 0) is 6.42 Å². The lowest BCUT2D eigenvalue weighted by Crippen LogP contribution is -2.09. The lowest BCUT2D eigenvalue weighted by molar-refractivity contribution is 0.412. The third kappa shape index (κ3) is 10.7. The molecule has 2 heterocycles. The topological polar surface area (TPSA) is 47.9 Å². The summed E-state index contributed by atoms with van der Waals surface area (Å²) in [6.45, 7) is 9.24. The van der Waals surface area contributed by atoms with Gasteiger partial charge >= 0.3 is 9.76 Å². The molecule has 2 rings (SSSR count). The Balaban J connectivity index is 1.69. The van der Waals surface area contributed by atoms with Crippen molar-refractivity contribution in [1.82, 2.24) is 15.2 Å². The Kier molecular flexibility index (Phi) is 13.2. The molecule has 0 saturated carbocycles. The van der Waals surface area contributed by atoms with Crippen molar-refractivity contribution in [3.05, 3.63) is 36.2 Å². The van der Waals surface area contributed by atoms with Crippen molar-refractivity contribution in [1.29, 1.82) is 0 Å². The van der Waals surface area contributed by atoms with Crippen LogP contribution in [0, 0.1) is 11.8 Å². The monoisotopic (exact) mass is 453 g/mol. The van der Waals surface area contributed by atoms with Gasteiger partial charge in [0.25, 0.3) is 0 Å². The van der Waals surface area contributed by atoms with Crippen LogP contribution in [0.15, 0.2) is 30.5 Å². The van der Waals surface area contributed by atoms with E-state index in [1.165, 1.54) is 64.2 Å². The van der Waals surface area contributed by atoms with Crippen molar-refractivity contribution in [2.75, 3.05) is 0 Å². The first-order valence-electron chi connectivity index (χ1n) is 12.8. The van der Waals surface area contributed by atoms with E-state index in [2.05, 4.69) is 55.0 Å². The van der Waals surface area contributed by atoms with Crippen molar-refractivity contribution < 1.29 is 4.43 Å². The molecule has 0 saturated heterocycles. The van der Waals surface area contributed by atoms with Crippen LogP contribution in [0.5, 0.6) is 5.88 Å². The Bertz CT molecular complexity index is 721. The minimum absolute atomic E-state index is 0.440. The molecule has 0 aliphatic carbocycles. The second-order valence-corrected chi connectivity index (χ2v) is 10.2. The summed E-state index contributed by atoms with van der Waals surface area (Å²) in [4.78, 5) is 4.61. The average molecular weight is 454 g/mol. The van der Waals surface area contributed by atoms with E-state index in [-0.39, 0.29) is 0 Å². The van der Waals surface area contributed by atoms with Gasteiger partial charge in [0.2, 0.25) is 5.88 Å². The Morgan fingerprint density at radius 3 is 2.28 bits per heavy atom. The number of pyridine rings is 1. The van der Waals surface area contributed by atoms with Gasteiger partial charge in [-0.2, -0.15) is 0 Å². The molecule has 0 spiro atoms. The minimum Gasteiger partial charge on any atom is -0.527 e. The highest BCUT2D eigenvalue weighted by Crippen LogP contribution is 2.21. The summed E-state index contributed by atoms with van der Waals surface area (Å²) in [5, 5.41) is 8.62. The fraction of sp³-hybridized carbons (Fsp3) is 0.667. The summed E-state index contributed by atoms with van der Waals surface area (Å²) < 4.78 is 5.87. The minimum atomic E-state index is 0.440. The maximum absolute atomic E-state index is 5.87. The molecule has 5 heteroatoms. The zero-order chi connectivity index (χ0) is 23.0. The Labute approximate surface area is 198 Å². The fourth-order valence-electron chi connectivity index (χ4n) is 3.79. The van der Waals surface area contributed by atoms with E-state index in [9.17, 15) is 0 Å². The third-order valence-corrected chi connectivity index (χ3v) is 7.33. The van der Waals surface area contributed by atoms with Crippen LogP contribution >= 0.6 is 0 Å². The van der Waals surface area contributed by atoms with E-state index >= 15 is 0 Å². The van der Waals surface area contributed by atoms with Crippen molar-refractivity contribution in [2.24, 2.45) is 11.8 Å². The molecule has 0 aromatic carbocycles. The van der Waals surface area contributed by atoms with Gasteiger partial charge in [-0.15, -0.1) is 10.2 Å². The van der Waals surface area contributed by atoms with Gasteiger partial charge in [-0.25, -0.2) is 0 Å². The maximum atomic E-state index is 5.87. The molecule has 0 fully saturated rings. The van der Waals surface area contributed by atoms with E-state index in [0.717, 1.165) is 35.3 Å². The Morgan fingerprint density at radius 1 is 0.812 bits per heavy atom. The van der Waals surface area contributed by atoms with E-state index in [1.807, 2.05) is 18.3 Å². The van der Waals surface area contributed by atoms with Crippen LogP contribution in [0.2, 0.25) is 6.04 Å². The Hall–Kier alpha value is -1.75. The molecule has 0 bridgehead atoms. The maximum Gasteiger partial charge on any atom is 0.313 e. The van der Waals surface area contributed by atoms with Gasteiger partial charge in [0.15, 0.2) is 0 Å². The van der Waals surface area contributed by atoms with Gasteiger partial charge < -0.3 is 4.43 Å². The first kappa shape index (κ1) is 26.5. The zero-order valence-electron chi connectivity index (χ0n) is 20.8. The van der Waals surface area contributed by atoms with E-state index in [0.29, 0.717) is 21.6 Å². The predicted molar refractivity (Wildman–Crippen MR) is 136 cm³/mol. The van der Waals surface area contributed by atoms with Gasteiger partial charge in [0.05, 0.1) is 5.69 Å². The van der Waals surface area contributed by atoms with Gasteiger partial charge in [-0.1, -0.05) is 85.5 Å². The molecule has 2 aromatic rings. The van der Waals surface area contributed by atoms with Crippen LogP contribution in [0.3, 0.4) is 0 Å². The van der Waals surface area contributed by atoms with Crippen molar-refractivity contribution >= 4 is 9.76 Å². The second kappa shape index (κ2) is 16.0. The lowest BCUT2D eigenvalue weighted by atomic mass is 9.95. The number of hydrogen-bond donors (Lipinski definition) is 0. The van der Waals surface area contributed by atoms with Gasteiger partial charge in [-0.05, 0) is 48.9 Å². The van der Waals surface area contributed by atoms with Crippen molar-refractivity contribution in [3.8, 4) is 17.1 Å². The van der Waals surface area contributed by atoms with Gasteiger partial charge in [0, 0.05) is 23.5 Å². The molecule has 0 amide bonds. The largest absolute Gasteiger partial charge is 0.527 e. The molecule has 4 nitrogen and oxygen atoms in total. The summed E-state index contributed by atoms with van der Waals surface area (Å²) >= 11 is 0. The molecule has 2 atom stereocenters. The van der Waals surface area contributed by atoms with Crippen LogP contribution < -0.4 is 4.43 Å². The summed E-state index contributed by atoms with van der Waals surface area (Å²) in [6, 6.07) is 9.21. The smallest absolute Gasteiger partial charge is 0.313 e. The molecule has 0 aliphatic rings. The molecule has 2 aromatic heterocycles. The van der Waals surface area contributed by atoms with Gasteiger partial charge in [0.1, 0.15) is 0 Å². The van der Waals surface area contributed by atoms with Crippen LogP contribution in [0.4, 0.5) is 0 Å². The normalized spacial score (nSPS) is 13.1. The number of hydrogen-bond acceptors (Lipinski definition) is 4. The number of rotatable bonds is 17. The summed E-state index contributed by atoms with van der Waals surface area (Å²) in [6.07, 6.45) is 16.1. The first-order valence-corrected chi connectivity index (χ1v) is 13.9. The molecule has 0 N–H and O–H groups in total. The van der Waals surface area contributed by atoms with Crippen molar-refractivity contribution in [3.63, 3.8) is 0 Å². The number of nitrogens with zero attached hydrogens (tertiary/aromatic N) is 3. The summed E-state index contributed by atoms with van der Waals surface area (Å²) in [5.74, 6) is 2.16. The van der Waals surface area contributed by atoms with Crippen LogP contribution in [-0.4, -0.2) is 24.9 Å².